The average Bonchev–Trinajstić information content (AvgIpc) is 3.13. The van der Waals surface area contributed by atoms with Crippen LogP contribution in [0.3, 0.4) is 0 Å². The van der Waals surface area contributed by atoms with E-state index >= 15 is 0 Å². The Bertz CT molecular complexity index is 465. The number of carbonyl (C=O) groups excluding carboxylic acids is 1. The predicted molar refractivity (Wildman–Crippen MR) is 96.1 cm³/mol. The van der Waals surface area contributed by atoms with Crippen LogP contribution in [0.15, 0.2) is 16.6 Å². The summed E-state index contributed by atoms with van der Waals surface area (Å²) in [7, 11) is 1.75. The van der Waals surface area contributed by atoms with Crippen LogP contribution in [0.2, 0.25) is 0 Å². The third-order valence-electron chi connectivity index (χ3n) is 3.30. The second kappa shape index (κ2) is 9.19. The molecule has 1 aliphatic rings. The van der Waals surface area contributed by atoms with Gasteiger partial charge in [-0.2, -0.15) is 0 Å². The zero-order valence-corrected chi connectivity index (χ0v) is 15.5. The molecule has 1 saturated heterocycles. The molecular weight excluding hydrogens is 401 g/mol. The van der Waals surface area contributed by atoms with E-state index < -0.39 is 0 Å². The fourth-order valence-electron chi connectivity index (χ4n) is 2.22. The second-order valence-corrected chi connectivity index (χ2v) is 5.65. The summed E-state index contributed by atoms with van der Waals surface area (Å²) in [4.78, 5) is 22.0. The number of aromatic nitrogens is 1. The van der Waals surface area contributed by atoms with Gasteiger partial charge in [0, 0.05) is 44.2 Å². The van der Waals surface area contributed by atoms with Gasteiger partial charge in [0.1, 0.15) is 5.01 Å². The van der Waals surface area contributed by atoms with Gasteiger partial charge in [0.25, 0.3) is 0 Å². The third-order valence-corrected chi connectivity index (χ3v) is 4.08. The van der Waals surface area contributed by atoms with Gasteiger partial charge in [-0.15, -0.1) is 35.3 Å². The number of thiazole rings is 1. The molecule has 8 heteroatoms. The molecular formula is C13H22IN5OS. The van der Waals surface area contributed by atoms with Gasteiger partial charge in [0.2, 0.25) is 5.91 Å². The lowest BCUT2D eigenvalue weighted by atomic mass is 10.3. The first kappa shape index (κ1) is 18.1. The maximum absolute atomic E-state index is 11.6. The van der Waals surface area contributed by atoms with Gasteiger partial charge in [-0.05, 0) is 6.42 Å². The molecule has 0 saturated carbocycles. The van der Waals surface area contributed by atoms with Crippen molar-refractivity contribution in [3.63, 3.8) is 0 Å². The van der Waals surface area contributed by atoms with Crippen molar-refractivity contribution in [2.75, 3.05) is 20.1 Å². The topological polar surface area (TPSA) is 69.6 Å². The average molecular weight is 423 g/mol. The number of rotatable bonds is 4. The summed E-state index contributed by atoms with van der Waals surface area (Å²) in [5.74, 6) is 0.982. The molecule has 1 unspecified atom stereocenters. The lowest BCUT2D eigenvalue weighted by Gasteiger charge is -2.18. The Morgan fingerprint density at radius 1 is 1.62 bits per heavy atom. The SMILES string of the molecule is CCC(=O)N1CCC(NC(=NC)NCc2nccs2)C1.I. The van der Waals surface area contributed by atoms with Gasteiger partial charge in [0.05, 0.1) is 6.54 Å². The smallest absolute Gasteiger partial charge is 0.222 e. The zero-order chi connectivity index (χ0) is 14.4. The number of hydrogen-bond donors (Lipinski definition) is 2. The number of aliphatic imine (C=N–C) groups is 1. The molecule has 0 radical (unpaired) electrons. The number of guanidine groups is 1. The number of likely N-dealkylation sites (tertiary alicyclic amines) is 1. The maximum Gasteiger partial charge on any atom is 0.222 e. The molecule has 6 nitrogen and oxygen atoms in total. The molecule has 1 aromatic rings. The lowest BCUT2D eigenvalue weighted by molar-refractivity contribution is -0.129. The van der Waals surface area contributed by atoms with Crippen LogP contribution in [-0.2, 0) is 11.3 Å². The summed E-state index contributed by atoms with van der Waals surface area (Å²) in [5.41, 5.74) is 0. The Hall–Kier alpha value is -0.900. The highest BCUT2D eigenvalue weighted by Crippen LogP contribution is 2.10. The van der Waals surface area contributed by atoms with E-state index in [1.165, 1.54) is 0 Å². The number of nitrogens with one attached hydrogen (secondary N) is 2. The summed E-state index contributed by atoms with van der Waals surface area (Å²) in [6, 6.07) is 0.271. The van der Waals surface area contributed by atoms with Crippen LogP contribution >= 0.6 is 35.3 Å². The van der Waals surface area contributed by atoms with E-state index in [1.54, 1.807) is 24.6 Å². The summed E-state index contributed by atoms with van der Waals surface area (Å²) >= 11 is 1.62. The largest absolute Gasteiger partial charge is 0.352 e. The van der Waals surface area contributed by atoms with Crippen LogP contribution in [-0.4, -0.2) is 47.9 Å². The summed E-state index contributed by atoms with van der Waals surface area (Å²) in [5, 5.41) is 9.59. The van der Waals surface area contributed by atoms with E-state index in [1.807, 2.05) is 17.2 Å². The fraction of sp³-hybridized carbons (Fsp3) is 0.615. The molecule has 0 spiro atoms. The van der Waals surface area contributed by atoms with Gasteiger partial charge in [-0.1, -0.05) is 6.92 Å². The van der Waals surface area contributed by atoms with Crippen LogP contribution in [0.4, 0.5) is 0 Å². The zero-order valence-electron chi connectivity index (χ0n) is 12.3. The number of halogens is 1. The number of hydrogen-bond acceptors (Lipinski definition) is 4. The predicted octanol–water partition coefficient (Wildman–Crippen LogP) is 1.44. The van der Waals surface area contributed by atoms with E-state index in [0.717, 1.165) is 30.5 Å². The van der Waals surface area contributed by atoms with Crippen molar-refractivity contribution in [3.8, 4) is 0 Å². The first-order chi connectivity index (χ1) is 9.72. The number of nitrogens with zero attached hydrogens (tertiary/aromatic N) is 3. The molecule has 0 bridgehead atoms. The van der Waals surface area contributed by atoms with Gasteiger partial charge >= 0.3 is 0 Å². The van der Waals surface area contributed by atoms with Crippen LogP contribution in [0.25, 0.3) is 0 Å². The van der Waals surface area contributed by atoms with Crippen molar-refractivity contribution < 1.29 is 4.79 Å². The maximum atomic E-state index is 11.6. The molecule has 1 fully saturated rings. The van der Waals surface area contributed by atoms with E-state index in [0.29, 0.717) is 13.0 Å². The quantitative estimate of drug-likeness (QED) is 0.437. The Labute approximate surface area is 146 Å². The Morgan fingerprint density at radius 3 is 3.05 bits per heavy atom. The molecule has 2 rings (SSSR count). The minimum absolute atomic E-state index is 0. The minimum atomic E-state index is 0. The molecule has 1 aliphatic heterocycles. The lowest BCUT2D eigenvalue weighted by Crippen LogP contribution is -2.44. The van der Waals surface area contributed by atoms with Crippen LogP contribution < -0.4 is 10.6 Å². The Kier molecular flexibility index (Phi) is 7.94. The van der Waals surface area contributed by atoms with Crippen LogP contribution in [0, 0.1) is 0 Å². The van der Waals surface area contributed by atoms with Crippen molar-refractivity contribution in [1.29, 1.82) is 0 Å². The Morgan fingerprint density at radius 2 is 2.43 bits per heavy atom. The van der Waals surface area contributed by atoms with Gasteiger partial charge in [-0.3, -0.25) is 9.79 Å². The van der Waals surface area contributed by atoms with Crippen molar-refractivity contribution in [2.24, 2.45) is 4.99 Å². The van der Waals surface area contributed by atoms with Crippen LogP contribution in [0.1, 0.15) is 24.8 Å². The number of carbonyl (C=O) groups is 1. The summed E-state index contributed by atoms with van der Waals surface area (Å²) in [6.07, 6.45) is 3.33. The number of amides is 1. The van der Waals surface area contributed by atoms with Gasteiger partial charge < -0.3 is 15.5 Å². The standard InChI is InChI=1S/C13H21N5OS.HI/c1-3-12(19)18-6-4-10(9-18)17-13(14-2)16-8-11-15-5-7-20-11;/h5,7,10H,3-4,6,8-9H2,1-2H3,(H2,14,16,17);1H. The molecule has 1 aromatic heterocycles. The first-order valence-electron chi connectivity index (χ1n) is 6.86. The highest BCUT2D eigenvalue weighted by molar-refractivity contribution is 14.0. The molecule has 2 heterocycles. The summed E-state index contributed by atoms with van der Waals surface area (Å²) < 4.78 is 0. The van der Waals surface area contributed by atoms with Gasteiger partial charge in [0.15, 0.2) is 5.96 Å². The van der Waals surface area contributed by atoms with E-state index in [9.17, 15) is 4.79 Å². The van der Waals surface area contributed by atoms with Crippen molar-refractivity contribution >= 4 is 47.2 Å². The van der Waals surface area contributed by atoms with Crippen molar-refractivity contribution in [3.05, 3.63) is 16.6 Å². The molecule has 0 aromatic carbocycles. The van der Waals surface area contributed by atoms with Crippen molar-refractivity contribution in [2.45, 2.75) is 32.4 Å². The van der Waals surface area contributed by atoms with Crippen LogP contribution in [0.5, 0.6) is 0 Å². The van der Waals surface area contributed by atoms with E-state index in [2.05, 4.69) is 20.6 Å². The molecule has 21 heavy (non-hydrogen) atoms. The monoisotopic (exact) mass is 423 g/mol. The Balaban J connectivity index is 0.00000220. The second-order valence-electron chi connectivity index (χ2n) is 4.67. The normalized spacial score (nSPS) is 18.3. The highest BCUT2D eigenvalue weighted by atomic mass is 127. The molecule has 118 valence electrons. The minimum Gasteiger partial charge on any atom is -0.352 e. The molecule has 1 amide bonds. The highest BCUT2D eigenvalue weighted by Gasteiger charge is 2.25. The van der Waals surface area contributed by atoms with E-state index in [-0.39, 0.29) is 35.9 Å². The fourth-order valence-corrected chi connectivity index (χ4v) is 2.77. The third kappa shape index (κ3) is 5.42. The van der Waals surface area contributed by atoms with Crippen molar-refractivity contribution in [1.82, 2.24) is 20.5 Å². The summed E-state index contributed by atoms with van der Waals surface area (Å²) in [6.45, 7) is 4.15. The first-order valence-corrected chi connectivity index (χ1v) is 7.74. The molecule has 1 atom stereocenters. The molecule has 2 N–H and O–H groups in total. The van der Waals surface area contributed by atoms with Gasteiger partial charge in [-0.25, -0.2) is 4.98 Å². The molecule has 0 aliphatic carbocycles. The van der Waals surface area contributed by atoms with E-state index in [4.69, 9.17) is 0 Å².